The number of hydrogen-bond acceptors (Lipinski definition) is 5. The van der Waals surface area contributed by atoms with Gasteiger partial charge in [-0.05, 0) is 19.8 Å². The lowest BCUT2D eigenvalue weighted by Gasteiger charge is -2.23. The van der Waals surface area contributed by atoms with Crippen molar-refractivity contribution in [1.29, 1.82) is 0 Å². The van der Waals surface area contributed by atoms with Gasteiger partial charge < -0.3 is 10.6 Å². The molecule has 8 nitrogen and oxygen atoms in total. The van der Waals surface area contributed by atoms with Crippen molar-refractivity contribution < 1.29 is 14.4 Å². The van der Waals surface area contributed by atoms with Crippen molar-refractivity contribution in [2.75, 3.05) is 0 Å². The first-order chi connectivity index (χ1) is 12.0. The van der Waals surface area contributed by atoms with Crippen molar-refractivity contribution in [1.82, 2.24) is 24.9 Å². The zero-order chi connectivity index (χ0) is 17.6. The van der Waals surface area contributed by atoms with Gasteiger partial charge in [-0.2, -0.15) is 0 Å². The van der Waals surface area contributed by atoms with Gasteiger partial charge in [0.05, 0.1) is 12.2 Å². The molecular formula is C16H19N5O3S. The molecule has 4 amide bonds. The van der Waals surface area contributed by atoms with Gasteiger partial charge in [-0.15, -0.1) is 11.3 Å². The molecule has 1 saturated carbocycles. The van der Waals surface area contributed by atoms with Crippen molar-refractivity contribution in [3.63, 3.8) is 0 Å². The molecule has 25 heavy (non-hydrogen) atoms. The second-order valence-corrected chi connectivity index (χ2v) is 7.49. The average molecular weight is 361 g/mol. The fourth-order valence-corrected chi connectivity index (χ4v) is 4.33. The standard InChI is InChI=1S/C16H19N5O3S/c1-10(21-13(23)16(19-14(21)24)4-2-3-5-16)12(22)17-8-11-9-20-6-7-25-15(20)18-11/h6-7,9-10H,2-5,8H2,1H3,(H,17,22)(H,19,24). The average Bonchev–Trinajstić information content (AvgIpc) is 3.31. The van der Waals surface area contributed by atoms with E-state index in [-0.39, 0.29) is 18.4 Å². The van der Waals surface area contributed by atoms with Gasteiger partial charge in [0.1, 0.15) is 11.6 Å². The van der Waals surface area contributed by atoms with E-state index >= 15 is 0 Å². The van der Waals surface area contributed by atoms with E-state index in [0.29, 0.717) is 12.8 Å². The summed E-state index contributed by atoms with van der Waals surface area (Å²) in [4.78, 5) is 43.7. The van der Waals surface area contributed by atoms with Crippen LogP contribution in [0.4, 0.5) is 4.79 Å². The Hall–Kier alpha value is -2.42. The number of imidazole rings is 1. The smallest absolute Gasteiger partial charge is 0.325 e. The molecule has 1 unspecified atom stereocenters. The Labute approximate surface area is 148 Å². The summed E-state index contributed by atoms with van der Waals surface area (Å²) in [6.07, 6.45) is 6.87. The first kappa shape index (κ1) is 16.1. The molecule has 1 atom stereocenters. The normalized spacial score (nSPS) is 20.4. The lowest BCUT2D eigenvalue weighted by Crippen LogP contribution is -2.49. The Morgan fingerprint density at radius 1 is 1.44 bits per heavy atom. The molecule has 2 N–H and O–H groups in total. The monoisotopic (exact) mass is 361 g/mol. The predicted molar refractivity (Wildman–Crippen MR) is 91.0 cm³/mol. The van der Waals surface area contributed by atoms with Crippen LogP contribution >= 0.6 is 11.3 Å². The topological polar surface area (TPSA) is 95.8 Å². The molecule has 2 aromatic heterocycles. The number of carbonyl (C=O) groups is 3. The molecule has 1 aliphatic carbocycles. The van der Waals surface area contributed by atoms with Crippen LogP contribution in [0.3, 0.4) is 0 Å². The minimum absolute atomic E-state index is 0.256. The van der Waals surface area contributed by atoms with E-state index in [1.54, 1.807) is 6.92 Å². The number of amides is 4. The highest BCUT2D eigenvalue weighted by Gasteiger charge is 2.54. The van der Waals surface area contributed by atoms with Gasteiger partial charge in [-0.3, -0.25) is 14.0 Å². The fraction of sp³-hybridized carbons (Fsp3) is 0.500. The van der Waals surface area contributed by atoms with Crippen LogP contribution in [0.5, 0.6) is 0 Å². The van der Waals surface area contributed by atoms with Crippen molar-refractivity contribution in [3.8, 4) is 0 Å². The molecular weight excluding hydrogens is 342 g/mol. The highest BCUT2D eigenvalue weighted by Crippen LogP contribution is 2.35. The van der Waals surface area contributed by atoms with Crippen LogP contribution in [-0.4, -0.2) is 43.7 Å². The summed E-state index contributed by atoms with van der Waals surface area (Å²) in [7, 11) is 0. The van der Waals surface area contributed by atoms with Crippen molar-refractivity contribution >= 4 is 34.1 Å². The lowest BCUT2D eigenvalue weighted by atomic mass is 9.97. The van der Waals surface area contributed by atoms with Crippen LogP contribution in [0.25, 0.3) is 4.96 Å². The summed E-state index contributed by atoms with van der Waals surface area (Å²) >= 11 is 1.51. The largest absolute Gasteiger partial charge is 0.349 e. The van der Waals surface area contributed by atoms with E-state index in [1.807, 2.05) is 22.2 Å². The number of fused-ring (bicyclic) bond motifs is 1. The zero-order valence-corrected chi connectivity index (χ0v) is 14.6. The molecule has 1 aliphatic heterocycles. The van der Waals surface area contributed by atoms with Crippen LogP contribution in [0.1, 0.15) is 38.3 Å². The third-order valence-corrected chi connectivity index (χ3v) is 5.77. The molecule has 9 heteroatoms. The molecule has 4 rings (SSSR count). The van der Waals surface area contributed by atoms with Crippen LogP contribution < -0.4 is 10.6 Å². The van der Waals surface area contributed by atoms with Crippen molar-refractivity contribution in [2.45, 2.75) is 50.7 Å². The first-order valence-electron chi connectivity index (χ1n) is 8.35. The number of thiazole rings is 1. The summed E-state index contributed by atoms with van der Waals surface area (Å²) in [5.41, 5.74) is -0.0586. The summed E-state index contributed by atoms with van der Waals surface area (Å²) in [6.45, 7) is 1.83. The van der Waals surface area contributed by atoms with E-state index in [0.717, 1.165) is 28.4 Å². The van der Waals surface area contributed by atoms with Gasteiger partial charge in [-0.25, -0.2) is 14.7 Å². The molecule has 2 aliphatic rings. The van der Waals surface area contributed by atoms with Crippen LogP contribution in [0, 0.1) is 0 Å². The van der Waals surface area contributed by atoms with E-state index in [2.05, 4.69) is 15.6 Å². The van der Waals surface area contributed by atoms with E-state index in [1.165, 1.54) is 11.3 Å². The second kappa shape index (κ2) is 5.83. The molecule has 2 aromatic rings. The number of hydrogen-bond donors (Lipinski definition) is 2. The number of nitrogens with zero attached hydrogens (tertiary/aromatic N) is 3. The number of carbonyl (C=O) groups excluding carboxylic acids is 3. The molecule has 132 valence electrons. The third-order valence-electron chi connectivity index (χ3n) is 5.00. The third kappa shape index (κ3) is 2.58. The summed E-state index contributed by atoms with van der Waals surface area (Å²) in [6, 6.07) is -1.33. The summed E-state index contributed by atoms with van der Waals surface area (Å²) in [5, 5.41) is 7.49. The van der Waals surface area contributed by atoms with Crippen LogP contribution in [0.2, 0.25) is 0 Å². The van der Waals surface area contributed by atoms with E-state index < -0.39 is 17.6 Å². The Kier molecular flexibility index (Phi) is 3.75. The van der Waals surface area contributed by atoms with Gasteiger partial charge in [0.2, 0.25) is 5.91 Å². The van der Waals surface area contributed by atoms with E-state index in [4.69, 9.17) is 0 Å². The van der Waals surface area contributed by atoms with E-state index in [9.17, 15) is 14.4 Å². The molecule has 0 bridgehead atoms. The summed E-state index contributed by atoms with van der Waals surface area (Å²) in [5.74, 6) is -0.643. The molecule has 0 radical (unpaired) electrons. The Morgan fingerprint density at radius 2 is 2.20 bits per heavy atom. The molecule has 0 aromatic carbocycles. The highest BCUT2D eigenvalue weighted by atomic mass is 32.1. The summed E-state index contributed by atoms with van der Waals surface area (Å²) < 4.78 is 1.89. The highest BCUT2D eigenvalue weighted by molar-refractivity contribution is 7.15. The van der Waals surface area contributed by atoms with Gasteiger partial charge >= 0.3 is 6.03 Å². The SMILES string of the molecule is CC(C(=O)NCc1cn2ccsc2n1)N1C(=O)NC2(CCCC2)C1=O. The number of nitrogens with one attached hydrogen (secondary N) is 2. The quantitative estimate of drug-likeness (QED) is 0.802. The maximum atomic E-state index is 12.7. The number of imide groups is 1. The van der Waals surface area contributed by atoms with Crippen molar-refractivity contribution in [2.24, 2.45) is 0 Å². The number of rotatable bonds is 4. The maximum Gasteiger partial charge on any atom is 0.325 e. The fourth-order valence-electron chi connectivity index (χ4n) is 3.61. The second-order valence-electron chi connectivity index (χ2n) is 6.61. The molecule has 1 spiro atoms. The van der Waals surface area contributed by atoms with Crippen LogP contribution in [0.15, 0.2) is 17.8 Å². The minimum atomic E-state index is -0.851. The van der Waals surface area contributed by atoms with Gasteiger partial charge in [0, 0.05) is 17.8 Å². The zero-order valence-electron chi connectivity index (χ0n) is 13.8. The molecule has 1 saturated heterocycles. The van der Waals surface area contributed by atoms with Crippen molar-refractivity contribution in [3.05, 3.63) is 23.5 Å². The lowest BCUT2D eigenvalue weighted by molar-refractivity contribution is -0.137. The predicted octanol–water partition coefficient (Wildman–Crippen LogP) is 1.27. The minimum Gasteiger partial charge on any atom is -0.349 e. The number of urea groups is 1. The Balaban J connectivity index is 1.42. The Bertz CT molecular complexity index is 822. The Morgan fingerprint density at radius 3 is 2.92 bits per heavy atom. The van der Waals surface area contributed by atoms with Gasteiger partial charge in [-0.1, -0.05) is 12.8 Å². The molecule has 3 heterocycles. The first-order valence-corrected chi connectivity index (χ1v) is 9.23. The van der Waals surface area contributed by atoms with Gasteiger partial charge in [0.25, 0.3) is 5.91 Å². The molecule has 2 fully saturated rings. The van der Waals surface area contributed by atoms with Crippen LogP contribution in [-0.2, 0) is 16.1 Å². The number of aromatic nitrogens is 2. The van der Waals surface area contributed by atoms with Gasteiger partial charge in [0.15, 0.2) is 4.96 Å². The maximum absolute atomic E-state index is 12.7.